The van der Waals surface area contributed by atoms with E-state index in [1.54, 1.807) is 23.9 Å². The van der Waals surface area contributed by atoms with Crippen molar-refractivity contribution in [3.63, 3.8) is 0 Å². The lowest BCUT2D eigenvalue weighted by Gasteiger charge is -2.06. The number of thioether (sulfide) groups is 1. The molecule has 3 heteroatoms. The maximum Gasteiger partial charge on any atom is 0.116 e. The van der Waals surface area contributed by atoms with Crippen molar-refractivity contribution in [2.75, 3.05) is 12.4 Å². The third-order valence-electron chi connectivity index (χ3n) is 1.62. The maximum absolute atomic E-state index is 9.21. The van der Waals surface area contributed by atoms with E-state index in [1.807, 2.05) is 26.0 Å². The molecule has 0 fully saturated rings. The molecule has 0 saturated heterocycles. The monoisotopic (exact) mass is 212 g/mol. The molecule has 0 spiro atoms. The number of rotatable bonds is 5. The van der Waals surface area contributed by atoms with Gasteiger partial charge in [0.05, 0.1) is 12.7 Å². The second kappa shape index (κ2) is 5.94. The molecule has 14 heavy (non-hydrogen) atoms. The largest absolute Gasteiger partial charge is 0.508 e. The zero-order valence-corrected chi connectivity index (χ0v) is 9.38. The van der Waals surface area contributed by atoms with Crippen molar-refractivity contribution < 1.29 is 9.84 Å². The summed E-state index contributed by atoms with van der Waals surface area (Å²) < 4.78 is 5.41. The van der Waals surface area contributed by atoms with Crippen LogP contribution in [0.1, 0.15) is 13.8 Å². The second-order valence-electron chi connectivity index (χ2n) is 3.27. The number of phenolic OH excluding ortho intramolecular Hbond substituents is 1. The number of hydrogen-bond acceptors (Lipinski definition) is 3. The number of phenols is 1. The molecule has 2 nitrogen and oxygen atoms in total. The summed E-state index contributed by atoms with van der Waals surface area (Å²) in [5.41, 5.74) is 0. The van der Waals surface area contributed by atoms with Gasteiger partial charge in [0.1, 0.15) is 5.75 Å². The number of aromatic hydroxyl groups is 1. The van der Waals surface area contributed by atoms with Gasteiger partial charge in [-0.2, -0.15) is 0 Å². The lowest BCUT2D eigenvalue weighted by Crippen LogP contribution is -2.05. The molecule has 78 valence electrons. The van der Waals surface area contributed by atoms with Crippen LogP contribution in [0.15, 0.2) is 29.2 Å². The minimum atomic E-state index is 0.291. The van der Waals surface area contributed by atoms with Crippen LogP contribution in [0.25, 0.3) is 0 Å². The number of benzene rings is 1. The molecule has 0 atom stereocenters. The molecule has 0 unspecified atom stereocenters. The van der Waals surface area contributed by atoms with E-state index in [2.05, 4.69) is 0 Å². The van der Waals surface area contributed by atoms with Gasteiger partial charge in [-0.25, -0.2) is 0 Å². The normalized spacial score (nSPS) is 10.8. The fraction of sp³-hybridized carbons (Fsp3) is 0.455. The Morgan fingerprint density at radius 3 is 2.86 bits per heavy atom. The SMILES string of the molecule is CC(C)OCCSc1cccc(O)c1. The highest BCUT2D eigenvalue weighted by molar-refractivity contribution is 7.99. The summed E-state index contributed by atoms with van der Waals surface area (Å²) >= 11 is 1.69. The Bertz CT molecular complexity index is 274. The summed E-state index contributed by atoms with van der Waals surface area (Å²) in [5.74, 6) is 1.24. The van der Waals surface area contributed by atoms with E-state index in [0.717, 1.165) is 17.3 Å². The first kappa shape index (κ1) is 11.4. The van der Waals surface area contributed by atoms with E-state index in [0.29, 0.717) is 11.9 Å². The van der Waals surface area contributed by atoms with Crippen molar-refractivity contribution in [3.05, 3.63) is 24.3 Å². The molecule has 1 rings (SSSR count). The first-order valence-electron chi connectivity index (χ1n) is 4.72. The molecule has 1 N–H and O–H groups in total. The molecular formula is C11H16O2S. The van der Waals surface area contributed by atoms with Gasteiger partial charge in [-0.05, 0) is 32.0 Å². The summed E-state index contributed by atoms with van der Waals surface area (Å²) in [4.78, 5) is 1.08. The first-order valence-corrected chi connectivity index (χ1v) is 5.70. The van der Waals surface area contributed by atoms with Gasteiger partial charge >= 0.3 is 0 Å². The number of ether oxygens (including phenoxy) is 1. The van der Waals surface area contributed by atoms with Crippen LogP contribution in [0, 0.1) is 0 Å². The predicted octanol–water partition coefficient (Wildman–Crippen LogP) is 2.91. The summed E-state index contributed by atoms with van der Waals surface area (Å²) in [6, 6.07) is 7.27. The number of hydrogen-bond donors (Lipinski definition) is 1. The van der Waals surface area contributed by atoms with E-state index in [4.69, 9.17) is 4.74 Å². The van der Waals surface area contributed by atoms with Crippen LogP contribution in [0.5, 0.6) is 5.75 Å². The lowest BCUT2D eigenvalue weighted by molar-refractivity contribution is 0.0920. The van der Waals surface area contributed by atoms with Gasteiger partial charge in [0.25, 0.3) is 0 Å². The summed E-state index contributed by atoms with van der Waals surface area (Å²) in [6.45, 7) is 4.80. The van der Waals surface area contributed by atoms with Crippen LogP contribution in [0.3, 0.4) is 0 Å². The molecule has 1 aromatic carbocycles. The van der Waals surface area contributed by atoms with Gasteiger partial charge < -0.3 is 9.84 Å². The highest BCUT2D eigenvalue weighted by Crippen LogP contribution is 2.21. The predicted molar refractivity (Wildman–Crippen MR) is 59.9 cm³/mol. The average Bonchev–Trinajstić information content (AvgIpc) is 2.12. The Morgan fingerprint density at radius 1 is 1.43 bits per heavy atom. The van der Waals surface area contributed by atoms with Gasteiger partial charge in [-0.3, -0.25) is 0 Å². The van der Waals surface area contributed by atoms with Crippen molar-refractivity contribution in [3.8, 4) is 5.75 Å². The van der Waals surface area contributed by atoms with E-state index in [-0.39, 0.29) is 0 Å². The molecule has 0 radical (unpaired) electrons. The summed E-state index contributed by atoms with van der Waals surface area (Å²) in [7, 11) is 0. The highest BCUT2D eigenvalue weighted by Gasteiger charge is 1.96. The Morgan fingerprint density at radius 2 is 2.21 bits per heavy atom. The van der Waals surface area contributed by atoms with E-state index in [9.17, 15) is 5.11 Å². The van der Waals surface area contributed by atoms with E-state index < -0.39 is 0 Å². The molecule has 0 aliphatic carbocycles. The third kappa shape index (κ3) is 4.53. The minimum absolute atomic E-state index is 0.291. The fourth-order valence-electron chi connectivity index (χ4n) is 1.02. The third-order valence-corrected chi connectivity index (χ3v) is 2.58. The average molecular weight is 212 g/mol. The van der Waals surface area contributed by atoms with Gasteiger partial charge in [0.15, 0.2) is 0 Å². The Kier molecular flexibility index (Phi) is 4.84. The van der Waals surface area contributed by atoms with Crippen LogP contribution in [-0.2, 0) is 4.74 Å². The Balaban J connectivity index is 2.25. The molecule has 0 aromatic heterocycles. The smallest absolute Gasteiger partial charge is 0.116 e. The summed E-state index contributed by atoms with van der Waals surface area (Å²) in [6.07, 6.45) is 0.291. The molecule has 0 saturated carbocycles. The topological polar surface area (TPSA) is 29.5 Å². The lowest BCUT2D eigenvalue weighted by atomic mass is 10.3. The molecule has 1 aromatic rings. The standard InChI is InChI=1S/C11H16O2S/c1-9(2)13-6-7-14-11-5-3-4-10(12)8-11/h3-5,8-9,12H,6-7H2,1-2H3. The summed E-state index contributed by atoms with van der Waals surface area (Å²) in [5, 5.41) is 9.21. The van der Waals surface area contributed by atoms with Crippen LogP contribution in [0.4, 0.5) is 0 Å². The molecule has 0 heterocycles. The zero-order chi connectivity index (χ0) is 10.4. The van der Waals surface area contributed by atoms with Crippen molar-refractivity contribution in [2.45, 2.75) is 24.8 Å². The van der Waals surface area contributed by atoms with Gasteiger partial charge in [0, 0.05) is 10.6 Å². The molecule has 0 amide bonds. The Hall–Kier alpha value is -0.670. The van der Waals surface area contributed by atoms with Crippen molar-refractivity contribution in [1.82, 2.24) is 0 Å². The van der Waals surface area contributed by atoms with Gasteiger partial charge in [-0.1, -0.05) is 6.07 Å². The van der Waals surface area contributed by atoms with Crippen LogP contribution >= 0.6 is 11.8 Å². The van der Waals surface area contributed by atoms with Crippen LogP contribution in [-0.4, -0.2) is 23.6 Å². The minimum Gasteiger partial charge on any atom is -0.508 e. The zero-order valence-electron chi connectivity index (χ0n) is 8.56. The van der Waals surface area contributed by atoms with Crippen molar-refractivity contribution >= 4 is 11.8 Å². The fourth-order valence-corrected chi connectivity index (χ4v) is 1.81. The second-order valence-corrected chi connectivity index (χ2v) is 4.43. The van der Waals surface area contributed by atoms with Crippen LogP contribution < -0.4 is 0 Å². The molecule has 0 aliphatic rings. The van der Waals surface area contributed by atoms with Crippen molar-refractivity contribution in [1.29, 1.82) is 0 Å². The van der Waals surface area contributed by atoms with E-state index >= 15 is 0 Å². The van der Waals surface area contributed by atoms with Crippen LogP contribution in [0.2, 0.25) is 0 Å². The quantitative estimate of drug-likeness (QED) is 0.601. The highest BCUT2D eigenvalue weighted by atomic mass is 32.2. The van der Waals surface area contributed by atoms with E-state index in [1.165, 1.54) is 0 Å². The maximum atomic E-state index is 9.21. The van der Waals surface area contributed by atoms with Gasteiger partial charge in [-0.15, -0.1) is 11.8 Å². The molecule has 0 bridgehead atoms. The first-order chi connectivity index (χ1) is 6.68. The molecule has 0 aliphatic heterocycles. The molecular weight excluding hydrogens is 196 g/mol. The van der Waals surface area contributed by atoms with Gasteiger partial charge in [0.2, 0.25) is 0 Å². The Labute approximate surface area is 89.3 Å². The van der Waals surface area contributed by atoms with Crippen molar-refractivity contribution in [2.24, 2.45) is 0 Å².